The minimum atomic E-state index is -0.412. The van der Waals surface area contributed by atoms with Gasteiger partial charge in [-0.15, -0.1) is 0 Å². The molecule has 1 aromatic heterocycles. The van der Waals surface area contributed by atoms with Crippen LogP contribution in [0, 0.1) is 12.7 Å². The van der Waals surface area contributed by atoms with E-state index in [-0.39, 0.29) is 17.8 Å². The van der Waals surface area contributed by atoms with Crippen molar-refractivity contribution in [2.45, 2.75) is 6.92 Å². The van der Waals surface area contributed by atoms with Crippen molar-refractivity contribution < 1.29 is 18.3 Å². The van der Waals surface area contributed by atoms with Crippen LogP contribution in [0.15, 0.2) is 75.9 Å². The third kappa shape index (κ3) is 3.98. The van der Waals surface area contributed by atoms with E-state index in [2.05, 4.69) is 0 Å². The molecule has 0 N–H and O–H groups in total. The average Bonchev–Trinajstić information content (AvgIpc) is 2.73. The number of Topliss-reactive ketones (excluding diaryl/α,β-unsaturated/α-hetero) is 1. The lowest BCUT2D eigenvalue weighted by atomic mass is 10.0. The van der Waals surface area contributed by atoms with Gasteiger partial charge in [0.05, 0.1) is 10.9 Å². The maximum Gasteiger partial charge on any atom is 0.200 e. The highest BCUT2D eigenvalue weighted by Gasteiger charge is 2.15. The molecule has 0 spiro atoms. The largest absolute Gasteiger partial charge is 0.485 e. The van der Waals surface area contributed by atoms with Crippen LogP contribution >= 0.6 is 11.6 Å². The van der Waals surface area contributed by atoms with Crippen LogP contribution in [0.2, 0.25) is 5.02 Å². The SMILES string of the molecule is Cc1oc2cc(OCC(=O)c3ccc(F)cc3)ccc2c(=O)c1-c1ccc(Cl)cc1. The van der Waals surface area contributed by atoms with Crippen molar-refractivity contribution in [1.82, 2.24) is 0 Å². The molecular weight excluding hydrogens is 407 g/mol. The topological polar surface area (TPSA) is 56.5 Å². The second kappa shape index (κ2) is 8.13. The molecule has 4 aromatic rings. The molecule has 4 rings (SSSR count). The van der Waals surface area contributed by atoms with Crippen molar-refractivity contribution >= 4 is 28.4 Å². The van der Waals surface area contributed by atoms with Crippen LogP contribution in [0.3, 0.4) is 0 Å². The first-order valence-corrected chi connectivity index (χ1v) is 9.55. The number of aryl methyl sites for hydroxylation is 1. The van der Waals surface area contributed by atoms with E-state index in [4.69, 9.17) is 20.8 Å². The van der Waals surface area contributed by atoms with Gasteiger partial charge in [-0.3, -0.25) is 9.59 Å². The highest BCUT2D eigenvalue weighted by atomic mass is 35.5. The van der Waals surface area contributed by atoms with Gasteiger partial charge in [0, 0.05) is 16.7 Å². The minimum Gasteiger partial charge on any atom is -0.485 e. The molecule has 3 aromatic carbocycles. The summed E-state index contributed by atoms with van der Waals surface area (Å²) in [7, 11) is 0. The molecule has 0 radical (unpaired) electrons. The lowest BCUT2D eigenvalue weighted by Gasteiger charge is -2.09. The third-order valence-corrected chi connectivity index (χ3v) is 4.96. The van der Waals surface area contributed by atoms with Crippen LogP contribution < -0.4 is 10.2 Å². The zero-order valence-corrected chi connectivity index (χ0v) is 16.7. The van der Waals surface area contributed by atoms with E-state index < -0.39 is 5.82 Å². The number of carbonyl (C=O) groups excluding carboxylic acids is 1. The van der Waals surface area contributed by atoms with Crippen molar-refractivity contribution in [2.24, 2.45) is 0 Å². The average molecular weight is 423 g/mol. The molecule has 0 saturated carbocycles. The predicted molar refractivity (Wildman–Crippen MR) is 114 cm³/mol. The Balaban J connectivity index is 1.61. The van der Waals surface area contributed by atoms with E-state index in [0.717, 1.165) is 5.56 Å². The second-order valence-electron chi connectivity index (χ2n) is 6.75. The van der Waals surface area contributed by atoms with Crippen LogP contribution in [0.1, 0.15) is 16.1 Å². The number of hydrogen-bond acceptors (Lipinski definition) is 4. The van der Waals surface area contributed by atoms with Crippen LogP contribution in [0.5, 0.6) is 5.75 Å². The van der Waals surface area contributed by atoms with E-state index in [1.54, 1.807) is 49.4 Å². The molecule has 0 saturated heterocycles. The smallest absolute Gasteiger partial charge is 0.200 e. The number of ether oxygens (including phenoxy) is 1. The normalized spacial score (nSPS) is 10.9. The summed E-state index contributed by atoms with van der Waals surface area (Å²) in [5, 5.41) is 0.987. The fourth-order valence-electron chi connectivity index (χ4n) is 3.19. The third-order valence-electron chi connectivity index (χ3n) is 4.71. The number of carbonyl (C=O) groups is 1. The Kier molecular flexibility index (Phi) is 5.38. The zero-order valence-electron chi connectivity index (χ0n) is 15.9. The number of rotatable bonds is 5. The maximum absolute atomic E-state index is 13.0. The van der Waals surface area contributed by atoms with Gasteiger partial charge in [0.15, 0.2) is 12.4 Å². The molecule has 30 heavy (non-hydrogen) atoms. The molecule has 6 heteroatoms. The van der Waals surface area contributed by atoms with E-state index in [9.17, 15) is 14.0 Å². The van der Waals surface area contributed by atoms with E-state index in [0.29, 0.717) is 38.6 Å². The Morgan fingerprint density at radius 2 is 1.73 bits per heavy atom. The first-order chi connectivity index (χ1) is 14.4. The van der Waals surface area contributed by atoms with Crippen molar-refractivity contribution in [3.05, 3.63) is 99.1 Å². The standard InChI is InChI=1S/C24H16ClFO4/c1-14-23(16-2-6-17(25)7-3-16)24(28)20-11-10-19(12-22(20)30-14)29-13-21(27)15-4-8-18(26)9-5-15/h2-12H,13H2,1H3. The number of fused-ring (bicyclic) bond motifs is 1. The Bertz CT molecular complexity index is 1290. The highest BCUT2D eigenvalue weighted by molar-refractivity contribution is 6.30. The van der Waals surface area contributed by atoms with Crippen LogP contribution in [0.25, 0.3) is 22.1 Å². The number of halogens is 2. The molecule has 150 valence electrons. The van der Waals surface area contributed by atoms with E-state index in [1.165, 1.54) is 24.3 Å². The van der Waals surface area contributed by atoms with Gasteiger partial charge in [0.1, 0.15) is 22.9 Å². The Labute approximate surface area is 176 Å². The molecule has 0 aliphatic rings. The van der Waals surface area contributed by atoms with Crippen molar-refractivity contribution in [1.29, 1.82) is 0 Å². The molecular formula is C24H16ClFO4. The summed E-state index contributed by atoms with van der Waals surface area (Å²) in [6.07, 6.45) is 0. The predicted octanol–water partition coefficient (Wildman–Crippen LogP) is 5.82. The van der Waals surface area contributed by atoms with Gasteiger partial charge in [-0.2, -0.15) is 0 Å². The van der Waals surface area contributed by atoms with Crippen molar-refractivity contribution in [3.8, 4) is 16.9 Å². The molecule has 0 bridgehead atoms. The van der Waals surface area contributed by atoms with Crippen LogP contribution in [-0.2, 0) is 0 Å². The van der Waals surface area contributed by atoms with E-state index in [1.807, 2.05) is 0 Å². The quantitative estimate of drug-likeness (QED) is 0.380. The van der Waals surface area contributed by atoms with Gasteiger partial charge in [-0.05, 0) is 61.0 Å². The molecule has 1 heterocycles. The summed E-state index contributed by atoms with van der Waals surface area (Å²) in [5.74, 6) is 0.158. The molecule has 0 aliphatic heterocycles. The fraction of sp³-hybridized carbons (Fsp3) is 0.0833. The first-order valence-electron chi connectivity index (χ1n) is 9.17. The second-order valence-corrected chi connectivity index (χ2v) is 7.18. The Morgan fingerprint density at radius 3 is 2.43 bits per heavy atom. The van der Waals surface area contributed by atoms with Gasteiger partial charge in [-0.1, -0.05) is 23.7 Å². The molecule has 4 nitrogen and oxygen atoms in total. The number of ketones is 1. The van der Waals surface area contributed by atoms with E-state index >= 15 is 0 Å². The summed E-state index contributed by atoms with van der Waals surface area (Å²) < 4.78 is 24.4. The van der Waals surface area contributed by atoms with Crippen LogP contribution in [-0.4, -0.2) is 12.4 Å². The lowest BCUT2D eigenvalue weighted by molar-refractivity contribution is 0.0921. The minimum absolute atomic E-state index is 0.162. The molecule has 0 atom stereocenters. The number of hydrogen-bond donors (Lipinski definition) is 0. The summed E-state index contributed by atoms with van der Waals surface area (Å²) in [4.78, 5) is 25.2. The monoisotopic (exact) mass is 422 g/mol. The molecule has 0 fully saturated rings. The summed E-state index contributed by atoms with van der Waals surface area (Å²) in [6, 6.07) is 17.0. The number of benzene rings is 3. The summed E-state index contributed by atoms with van der Waals surface area (Å²) in [6.45, 7) is 1.50. The summed E-state index contributed by atoms with van der Waals surface area (Å²) >= 11 is 5.93. The van der Waals surface area contributed by atoms with Gasteiger partial charge in [0.2, 0.25) is 5.43 Å². The lowest BCUT2D eigenvalue weighted by Crippen LogP contribution is -2.12. The van der Waals surface area contributed by atoms with Gasteiger partial charge in [0.25, 0.3) is 0 Å². The van der Waals surface area contributed by atoms with Gasteiger partial charge in [-0.25, -0.2) is 4.39 Å². The molecule has 0 unspecified atom stereocenters. The van der Waals surface area contributed by atoms with Crippen LogP contribution in [0.4, 0.5) is 4.39 Å². The van der Waals surface area contributed by atoms with Gasteiger partial charge < -0.3 is 9.15 Å². The fourth-order valence-corrected chi connectivity index (χ4v) is 3.32. The van der Waals surface area contributed by atoms with Gasteiger partial charge >= 0.3 is 0 Å². The highest BCUT2D eigenvalue weighted by Crippen LogP contribution is 2.27. The molecule has 0 aliphatic carbocycles. The maximum atomic E-state index is 13.0. The first kappa shape index (κ1) is 19.9. The zero-order chi connectivity index (χ0) is 21.3. The van der Waals surface area contributed by atoms with Crippen molar-refractivity contribution in [3.63, 3.8) is 0 Å². The Morgan fingerprint density at radius 1 is 1.03 bits per heavy atom. The Hall–Kier alpha value is -3.44. The molecule has 0 amide bonds. The van der Waals surface area contributed by atoms with Crippen molar-refractivity contribution in [2.75, 3.05) is 6.61 Å². The summed E-state index contributed by atoms with van der Waals surface area (Å²) in [5.41, 5.74) is 1.75.